The van der Waals surface area contributed by atoms with Gasteiger partial charge in [0.05, 0.1) is 12.7 Å². The highest BCUT2D eigenvalue weighted by Crippen LogP contribution is 2.38. The third-order valence-electron chi connectivity index (χ3n) is 6.53. The van der Waals surface area contributed by atoms with Crippen molar-refractivity contribution in [1.82, 2.24) is 15.1 Å². The molecule has 3 aliphatic heterocycles. The molecule has 0 unspecified atom stereocenters. The highest BCUT2D eigenvalue weighted by Gasteiger charge is 2.54. The fourth-order valence-electron chi connectivity index (χ4n) is 4.75. The Kier molecular flexibility index (Phi) is 6.57. The van der Waals surface area contributed by atoms with Crippen LogP contribution in [0.2, 0.25) is 0 Å². The lowest BCUT2D eigenvalue weighted by Gasteiger charge is -2.44. The van der Waals surface area contributed by atoms with Crippen LogP contribution in [0.1, 0.15) is 49.4 Å². The Morgan fingerprint density at radius 2 is 1.90 bits per heavy atom. The number of piperidine rings is 1. The molecule has 4 rings (SSSR count). The summed E-state index contributed by atoms with van der Waals surface area (Å²) in [7, 11) is 0. The first-order valence-electron chi connectivity index (χ1n) is 11.2. The molecule has 2 atom stereocenters. The molecule has 1 N–H and O–H groups in total. The van der Waals surface area contributed by atoms with Crippen molar-refractivity contribution in [2.75, 3.05) is 32.8 Å². The molecule has 1 aromatic rings. The number of benzene rings is 1. The first-order valence-corrected chi connectivity index (χ1v) is 11.2. The predicted octanol–water partition coefficient (Wildman–Crippen LogP) is 1.55. The molecule has 8 heteroatoms. The fourth-order valence-corrected chi connectivity index (χ4v) is 4.75. The van der Waals surface area contributed by atoms with E-state index < -0.39 is 11.8 Å². The van der Waals surface area contributed by atoms with Crippen molar-refractivity contribution in [3.8, 4) is 0 Å². The van der Waals surface area contributed by atoms with Crippen LogP contribution < -0.4 is 5.32 Å². The first kappa shape index (κ1) is 21.8. The van der Waals surface area contributed by atoms with Gasteiger partial charge in [-0.1, -0.05) is 25.1 Å². The van der Waals surface area contributed by atoms with E-state index >= 15 is 0 Å². The first-order chi connectivity index (χ1) is 15.0. The average Bonchev–Trinajstić information content (AvgIpc) is 3.46. The van der Waals surface area contributed by atoms with Gasteiger partial charge in [0.2, 0.25) is 11.8 Å². The maximum Gasteiger partial charge on any atom is 0.256 e. The Morgan fingerprint density at radius 1 is 1.16 bits per heavy atom. The Bertz CT molecular complexity index is 801. The number of carbonyl (C=O) groups excluding carboxylic acids is 3. The van der Waals surface area contributed by atoms with E-state index in [0.717, 1.165) is 19.4 Å². The van der Waals surface area contributed by atoms with Crippen molar-refractivity contribution < 1.29 is 23.9 Å². The molecule has 3 saturated heterocycles. The van der Waals surface area contributed by atoms with Crippen molar-refractivity contribution in [3.63, 3.8) is 0 Å². The van der Waals surface area contributed by atoms with Gasteiger partial charge in [0.25, 0.3) is 5.91 Å². The molecule has 3 amide bonds. The number of amides is 3. The third-order valence-corrected chi connectivity index (χ3v) is 6.53. The van der Waals surface area contributed by atoms with Gasteiger partial charge in [-0.25, -0.2) is 0 Å². The Hall–Kier alpha value is -2.45. The van der Waals surface area contributed by atoms with Crippen molar-refractivity contribution in [2.24, 2.45) is 0 Å². The summed E-state index contributed by atoms with van der Waals surface area (Å²) < 4.78 is 11.8. The molecule has 0 saturated carbocycles. The van der Waals surface area contributed by atoms with E-state index in [1.165, 1.54) is 0 Å². The quantitative estimate of drug-likeness (QED) is 0.767. The highest BCUT2D eigenvalue weighted by atomic mass is 16.5. The number of ether oxygens (including phenoxy) is 2. The molecule has 3 fully saturated rings. The average molecular weight is 430 g/mol. The summed E-state index contributed by atoms with van der Waals surface area (Å²) in [4.78, 5) is 42.2. The van der Waals surface area contributed by atoms with E-state index in [0.29, 0.717) is 44.5 Å². The highest BCUT2D eigenvalue weighted by molar-refractivity contribution is 5.98. The van der Waals surface area contributed by atoms with Crippen LogP contribution in [0.3, 0.4) is 0 Å². The lowest BCUT2D eigenvalue weighted by Crippen LogP contribution is -2.60. The van der Waals surface area contributed by atoms with Crippen LogP contribution in [-0.2, 0) is 19.1 Å². The Balaban J connectivity index is 1.53. The summed E-state index contributed by atoms with van der Waals surface area (Å²) in [5.74, 6) is -0.339. The Labute approximate surface area is 182 Å². The minimum atomic E-state index is -0.872. The van der Waals surface area contributed by atoms with Crippen molar-refractivity contribution >= 4 is 17.7 Å². The minimum absolute atomic E-state index is 0.0294. The zero-order chi connectivity index (χ0) is 21.8. The molecular weight excluding hydrogens is 398 g/mol. The number of nitrogens with zero attached hydrogens (tertiary/aromatic N) is 2. The van der Waals surface area contributed by atoms with Crippen LogP contribution >= 0.6 is 0 Å². The molecule has 1 spiro atoms. The van der Waals surface area contributed by atoms with Crippen LogP contribution in [0.25, 0.3) is 0 Å². The summed E-state index contributed by atoms with van der Waals surface area (Å²) >= 11 is 0. The molecule has 0 aliphatic carbocycles. The molecule has 8 nitrogen and oxygen atoms in total. The van der Waals surface area contributed by atoms with E-state index in [2.05, 4.69) is 5.32 Å². The molecule has 3 heterocycles. The molecule has 0 radical (unpaired) electrons. The second-order valence-electron chi connectivity index (χ2n) is 8.43. The number of rotatable bonds is 5. The van der Waals surface area contributed by atoms with Gasteiger partial charge in [0.1, 0.15) is 11.8 Å². The number of likely N-dealkylation sites (tertiary alicyclic amines) is 1. The van der Waals surface area contributed by atoms with E-state index in [1.54, 1.807) is 17.0 Å². The molecule has 1 aromatic carbocycles. The second-order valence-corrected chi connectivity index (χ2v) is 8.43. The molecular formula is C23H31N3O5. The van der Waals surface area contributed by atoms with Gasteiger partial charge in [-0.2, -0.15) is 0 Å². The molecule has 31 heavy (non-hydrogen) atoms. The van der Waals surface area contributed by atoms with Crippen LogP contribution in [0.5, 0.6) is 0 Å². The van der Waals surface area contributed by atoms with Gasteiger partial charge in [-0.05, 0) is 25.0 Å². The lowest BCUT2D eigenvalue weighted by atomic mass is 9.96. The van der Waals surface area contributed by atoms with Gasteiger partial charge in [-0.15, -0.1) is 0 Å². The third kappa shape index (κ3) is 4.45. The van der Waals surface area contributed by atoms with E-state index in [1.807, 2.05) is 30.0 Å². The standard InChI is InChI=1S/C23H31N3O5/c1-2-20(27)25-12-10-23(11-13-25)26(22(29)17-7-4-3-5-8-17)19(16-31-23)21(28)24-15-18-9-6-14-30-18/h3-5,7-8,18-19H,2,6,9-16H2,1H3,(H,24,28)/t18-,19-/m1/s1. The van der Waals surface area contributed by atoms with E-state index in [4.69, 9.17) is 9.47 Å². The van der Waals surface area contributed by atoms with Crippen molar-refractivity contribution in [2.45, 2.75) is 56.9 Å². The number of nitrogens with one attached hydrogen (secondary N) is 1. The molecule has 3 aliphatic rings. The van der Waals surface area contributed by atoms with Gasteiger partial charge >= 0.3 is 0 Å². The lowest BCUT2D eigenvalue weighted by molar-refractivity contribution is -0.143. The van der Waals surface area contributed by atoms with Crippen LogP contribution in [-0.4, -0.2) is 78.2 Å². The number of hydrogen-bond donors (Lipinski definition) is 1. The van der Waals surface area contributed by atoms with Gasteiger partial charge in [-0.3, -0.25) is 19.3 Å². The SMILES string of the molecule is CCC(=O)N1CCC2(CC1)OC[C@H](C(=O)NC[C@H]1CCCO1)N2C(=O)c1ccccc1. The zero-order valence-corrected chi connectivity index (χ0v) is 18.0. The molecule has 168 valence electrons. The monoisotopic (exact) mass is 429 g/mol. The molecule has 0 aromatic heterocycles. The van der Waals surface area contributed by atoms with Gasteiger partial charge in [0, 0.05) is 51.1 Å². The van der Waals surface area contributed by atoms with Crippen LogP contribution in [0.4, 0.5) is 0 Å². The van der Waals surface area contributed by atoms with Crippen LogP contribution in [0, 0.1) is 0 Å². The van der Waals surface area contributed by atoms with Crippen LogP contribution in [0.15, 0.2) is 30.3 Å². The summed E-state index contributed by atoms with van der Waals surface area (Å²) in [6.07, 6.45) is 3.40. The molecule has 0 bridgehead atoms. The normalized spacial score (nSPS) is 25.1. The van der Waals surface area contributed by atoms with Gasteiger partial charge in [0.15, 0.2) is 0 Å². The maximum atomic E-state index is 13.5. The summed E-state index contributed by atoms with van der Waals surface area (Å²) in [5.41, 5.74) is -0.347. The summed E-state index contributed by atoms with van der Waals surface area (Å²) in [6.45, 7) is 4.18. The second kappa shape index (κ2) is 9.36. The fraction of sp³-hybridized carbons (Fsp3) is 0.609. The van der Waals surface area contributed by atoms with E-state index in [-0.39, 0.29) is 30.4 Å². The zero-order valence-electron chi connectivity index (χ0n) is 18.0. The smallest absolute Gasteiger partial charge is 0.256 e. The summed E-state index contributed by atoms with van der Waals surface area (Å²) in [6, 6.07) is 8.28. The largest absolute Gasteiger partial charge is 0.376 e. The Morgan fingerprint density at radius 3 is 2.55 bits per heavy atom. The topological polar surface area (TPSA) is 88.2 Å². The predicted molar refractivity (Wildman–Crippen MR) is 113 cm³/mol. The number of carbonyl (C=O) groups is 3. The van der Waals surface area contributed by atoms with Crippen molar-refractivity contribution in [3.05, 3.63) is 35.9 Å². The minimum Gasteiger partial charge on any atom is -0.376 e. The van der Waals surface area contributed by atoms with Gasteiger partial charge < -0.3 is 19.7 Å². The summed E-state index contributed by atoms with van der Waals surface area (Å²) in [5, 5.41) is 2.96. The van der Waals surface area contributed by atoms with E-state index in [9.17, 15) is 14.4 Å². The maximum absolute atomic E-state index is 13.5. The van der Waals surface area contributed by atoms with Crippen molar-refractivity contribution in [1.29, 1.82) is 0 Å². The number of hydrogen-bond acceptors (Lipinski definition) is 5.